The third-order valence-corrected chi connectivity index (χ3v) is 7.86. The molecule has 0 aliphatic rings. The predicted octanol–water partition coefficient (Wildman–Crippen LogP) is 5.22. The van der Waals surface area contributed by atoms with Crippen molar-refractivity contribution in [3.63, 3.8) is 0 Å². The number of methoxy groups -OCH3 is 1. The molecule has 3 aromatic carbocycles. The summed E-state index contributed by atoms with van der Waals surface area (Å²) in [5.74, 6) is 0.936. The highest BCUT2D eigenvalue weighted by molar-refractivity contribution is 7.92. The van der Waals surface area contributed by atoms with Crippen molar-refractivity contribution in [3.05, 3.63) is 107 Å². The van der Waals surface area contributed by atoms with Gasteiger partial charge in [0, 0.05) is 18.2 Å². The number of nitrogens with two attached hydrogens (primary N) is 1. The molecular formula is C30H32FN3O5S. The van der Waals surface area contributed by atoms with Crippen LogP contribution in [0, 0.1) is 5.82 Å². The van der Waals surface area contributed by atoms with Gasteiger partial charge < -0.3 is 20.2 Å². The second-order valence-corrected chi connectivity index (χ2v) is 11.6. The molecule has 0 spiro atoms. The number of furan rings is 1. The number of nitrogens with one attached hydrogen (secondary N) is 1. The lowest BCUT2D eigenvalue weighted by Crippen LogP contribution is -2.28. The van der Waals surface area contributed by atoms with Crippen LogP contribution in [-0.2, 0) is 16.4 Å². The first-order chi connectivity index (χ1) is 18.9. The number of halogens is 1. The Labute approximate surface area is 233 Å². The number of nitrogens with zero attached hydrogens (tertiary/aromatic N) is 1. The lowest BCUT2D eigenvalue weighted by Gasteiger charge is -2.20. The molecule has 3 N–H and O–H groups in total. The molecule has 1 unspecified atom stereocenters. The van der Waals surface area contributed by atoms with E-state index in [9.17, 15) is 17.6 Å². The van der Waals surface area contributed by atoms with Gasteiger partial charge in [-0.2, -0.15) is 0 Å². The standard InChI is InChI=1S/C30H32FN3O5S/c1-19(21-7-9-24(31)10-8-21)33-30(35)23-16-22(17-25(18-23)34(2)40(4,36)37)28-13-14-29(39-28)27(32)15-20-5-11-26(38-3)12-6-20/h5-14,16-19,27H,15,32H2,1-4H3,(H,33,35)/t19-,27?/m1/s1. The predicted molar refractivity (Wildman–Crippen MR) is 153 cm³/mol. The zero-order valence-electron chi connectivity index (χ0n) is 22.7. The van der Waals surface area contributed by atoms with Gasteiger partial charge in [0.15, 0.2) is 0 Å². The second kappa shape index (κ2) is 11.9. The number of sulfonamides is 1. The molecule has 0 fully saturated rings. The molecule has 0 radical (unpaired) electrons. The molecule has 2 atom stereocenters. The first-order valence-corrected chi connectivity index (χ1v) is 14.4. The van der Waals surface area contributed by atoms with Crippen molar-refractivity contribution in [1.29, 1.82) is 0 Å². The third kappa shape index (κ3) is 6.88. The number of hydrogen-bond donors (Lipinski definition) is 2. The fourth-order valence-corrected chi connectivity index (χ4v) is 4.68. The summed E-state index contributed by atoms with van der Waals surface area (Å²) in [6.07, 6.45) is 1.61. The van der Waals surface area contributed by atoms with Crippen LogP contribution in [0.25, 0.3) is 11.3 Å². The molecule has 1 heterocycles. The summed E-state index contributed by atoms with van der Waals surface area (Å²) in [6.45, 7) is 1.78. The number of amides is 1. The number of carbonyl (C=O) groups is 1. The van der Waals surface area contributed by atoms with Crippen LogP contribution >= 0.6 is 0 Å². The highest BCUT2D eigenvalue weighted by Crippen LogP contribution is 2.31. The Bertz CT molecular complexity index is 1580. The normalized spacial score (nSPS) is 12.9. The molecule has 0 saturated carbocycles. The molecule has 0 aliphatic heterocycles. The Kier molecular flexibility index (Phi) is 8.61. The maximum atomic E-state index is 13.3. The number of carbonyl (C=O) groups excluding carboxylic acids is 1. The number of anilines is 1. The van der Waals surface area contributed by atoms with Crippen molar-refractivity contribution in [2.24, 2.45) is 5.73 Å². The SMILES string of the molecule is COc1ccc(CC(N)c2ccc(-c3cc(C(=O)N[C@H](C)c4ccc(F)cc4)cc(N(C)S(C)(=O)=O)c3)o2)cc1. The molecule has 4 rings (SSSR count). The first-order valence-electron chi connectivity index (χ1n) is 12.6. The Hall–Kier alpha value is -4.15. The van der Waals surface area contributed by atoms with Gasteiger partial charge in [-0.25, -0.2) is 12.8 Å². The van der Waals surface area contributed by atoms with Crippen LogP contribution in [0.3, 0.4) is 0 Å². The molecule has 0 saturated heterocycles. The van der Waals surface area contributed by atoms with Crippen LogP contribution in [0.2, 0.25) is 0 Å². The van der Waals surface area contributed by atoms with Crippen LogP contribution in [0.4, 0.5) is 10.1 Å². The van der Waals surface area contributed by atoms with Crippen molar-refractivity contribution < 1.29 is 26.8 Å². The van der Waals surface area contributed by atoms with Gasteiger partial charge in [-0.3, -0.25) is 9.10 Å². The zero-order chi connectivity index (χ0) is 29.0. The van der Waals surface area contributed by atoms with Crippen LogP contribution < -0.4 is 20.1 Å². The Morgan fingerprint density at radius 1 is 1.05 bits per heavy atom. The summed E-state index contributed by atoms with van der Waals surface area (Å²) in [5, 5.41) is 2.89. The van der Waals surface area contributed by atoms with E-state index in [1.54, 1.807) is 50.4 Å². The third-order valence-electron chi connectivity index (χ3n) is 6.65. The van der Waals surface area contributed by atoms with Crippen molar-refractivity contribution in [2.75, 3.05) is 24.7 Å². The smallest absolute Gasteiger partial charge is 0.251 e. The molecule has 1 aromatic heterocycles. The minimum atomic E-state index is -3.61. The van der Waals surface area contributed by atoms with Crippen LogP contribution in [0.15, 0.2) is 83.3 Å². The van der Waals surface area contributed by atoms with E-state index in [1.807, 2.05) is 24.3 Å². The number of benzene rings is 3. The highest BCUT2D eigenvalue weighted by Gasteiger charge is 2.20. The highest BCUT2D eigenvalue weighted by atomic mass is 32.2. The summed E-state index contributed by atoms with van der Waals surface area (Å²) < 4.78 is 50.3. The summed E-state index contributed by atoms with van der Waals surface area (Å²) in [5.41, 5.74) is 9.19. The van der Waals surface area contributed by atoms with Gasteiger partial charge in [0.2, 0.25) is 10.0 Å². The van der Waals surface area contributed by atoms with Crippen LogP contribution in [-0.4, -0.2) is 34.7 Å². The number of rotatable bonds is 10. The van der Waals surface area contributed by atoms with Gasteiger partial charge in [0.1, 0.15) is 23.1 Å². The minimum absolute atomic E-state index is 0.234. The van der Waals surface area contributed by atoms with E-state index < -0.39 is 28.0 Å². The lowest BCUT2D eigenvalue weighted by atomic mass is 10.0. The van der Waals surface area contributed by atoms with E-state index in [2.05, 4.69) is 5.32 Å². The molecule has 8 nitrogen and oxygen atoms in total. The fourth-order valence-electron chi connectivity index (χ4n) is 4.20. The van der Waals surface area contributed by atoms with Gasteiger partial charge in [0.25, 0.3) is 5.91 Å². The molecule has 0 bridgehead atoms. The average molecular weight is 566 g/mol. The average Bonchev–Trinajstić information content (AvgIpc) is 3.43. The maximum Gasteiger partial charge on any atom is 0.251 e. The van der Waals surface area contributed by atoms with Crippen LogP contribution in [0.1, 0.15) is 46.3 Å². The minimum Gasteiger partial charge on any atom is -0.497 e. The van der Waals surface area contributed by atoms with E-state index in [4.69, 9.17) is 14.9 Å². The quantitative estimate of drug-likeness (QED) is 0.272. The molecule has 4 aromatic rings. The van der Waals surface area contributed by atoms with Crippen molar-refractivity contribution in [2.45, 2.75) is 25.4 Å². The van der Waals surface area contributed by atoms with E-state index in [1.165, 1.54) is 25.2 Å². The fraction of sp³-hybridized carbons (Fsp3) is 0.233. The number of hydrogen-bond acceptors (Lipinski definition) is 6. The Balaban J connectivity index is 1.62. The van der Waals surface area contributed by atoms with Crippen molar-refractivity contribution >= 4 is 21.6 Å². The van der Waals surface area contributed by atoms with E-state index in [0.29, 0.717) is 29.2 Å². The molecule has 210 valence electrons. The van der Waals surface area contributed by atoms with Gasteiger partial charge >= 0.3 is 0 Å². The first kappa shape index (κ1) is 28.8. The summed E-state index contributed by atoms with van der Waals surface area (Å²) in [4.78, 5) is 13.3. The molecule has 0 aliphatic carbocycles. The van der Waals surface area contributed by atoms with Crippen molar-refractivity contribution in [3.8, 4) is 17.1 Å². The lowest BCUT2D eigenvalue weighted by molar-refractivity contribution is 0.0940. The number of ether oxygens (including phenoxy) is 1. The molecule has 40 heavy (non-hydrogen) atoms. The van der Waals surface area contributed by atoms with Gasteiger partial charge in [0.05, 0.1) is 31.1 Å². The summed E-state index contributed by atoms with van der Waals surface area (Å²) >= 11 is 0. The maximum absolute atomic E-state index is 13.3. The van der Waals surface area contributed by atoms with Gasteiger partial charge in [-0.1, -0.05) is 24.3 Å². The molecule has 1 amide bonds. The molecule has 10 heteroatoms. The van der Waals surface area contributed by atoms with E-state index >= 15 is 0 Å². The van der Waals surface area contributed by atoms with Crippen LogP contribution in [0.5, 0.6) is 5.75 Å². The molecular weight excluding hydrogens is 533 g/mol. The Morgan fingerprint density at radius 2 is 1.73 bits per heavy atom. The topological polar surface area (TPSA) is 115 Å². The monoisotopic (exact) mass is 565 g/mol. The van der Waals surface area contributed by atoms with E-state index in [-0.39, 0.29) is 11.4 Å². The Morgan fingerprint density at radius 3 is 2.35 bits per heavy atom. The van der Waals surface area contributed by atoms with Crippen molar-refractivity contribution in [1.82, 2.24) is 5.32 Å². The van der Waals surface area contributed by atoms with E-state index in [0.717, 1.165) is 27.4 Å². The van der Waals surface area contributed by atoms with Gasteiger partial charge in [-0.15, -0.1) is 0 Å². The summed E-state index contributed by atoms with van der Waals surface area (Å²) in [6, 6.07) is 20.9. The summed E-state index contributed by atoms with van der Waals surface area (Å²) in [7, 11) is -0.590. The largest absolute Gasteiger partial charge is 0.497 e. The zero-order valence-corrected chi connectivity index (χ0v) is 23.5. The second-order valence-electron chi connectivity index (χ2n) is 9.61. The van der Waals surface area contributed by atoms with Gasteiger partial charge in [-0.05, 0) is 79.1 Å².